The highest BCUT2D eigenvalue weighted by Gasteiger charge is 2.26. The molecule has 0 N–H and O–H groups in total. The van der Waals surface area contributed by atoms with Crippen molar-refractivity contribution in [1.29, 1.82) is 0 Å². The number of hydrogen-bond acceptors (Lipinski definition) is 4. The molecule has 4 rings (SSSR count). The second-order valence-corrected chi connectivity index (χ2v) is 7.19. The first-order chi connectivity index (χ1) is 13.3. The molecule has 6 heteroatoms. The van der Waals surface area contributed by atoms with Gasteiger partial charge in [0.05, 0.1) is 6.20 Å². The quantitative estimate of drug-likeness (QED) is 0.651. The van der Waals surface area contributed by atoms with E-state index in [2.05, 4.69) is 34.1 Å². The third-order valence-corrected chi connectivity index (χ3v) is 5.49. The van der Waals surface area contributed by atoms with Crippen molar-refractivity contribution in [3.63, 3.8) is 0 Å². The van der Waals surface area contributed by atoms with E-state index in [0.29, 0.717) is 18.8 Å². The van der Waals surface area contributed by atoms with Crippen LogP contribution in [0.5, 0.6) is 0 Å². The molecule has 138 valence electrons. The molecule has 2 heterocycles. The Morgan fingerprint density at radius 2 is 1.48 bits per heavy atom. The summed E-state index contributed by atoms with van der Waals surface area (Å²) >= 11 is 1.55. The molecule has 3 aromatic rings. The van der Waals surface area contributed by atoms with Crippen LogP contribution in [-0.4, -0.2) is 52.8 Å². The summed E-state index contributed by atoms with van der Waals surface area (Å²) in [7, 11) is 0. The number of benzene rings is 2. The summed E-state index contributed by atoms with van der Waals surface area (Å²) in [6, 6.07) is 20.3. The average Bonchev–Trinajstić information content (AvgIpc) is 3.19. The largest absolute Gasteiger partial charge is 0.368 e. The van der Waals surface area contributed by atoms with Crippen molar-refractivity contribution >= 4 is 23.4 Å². The zero-order chi connectivity index (χ0) is 18.6. The van der Waals surface area contributed by atoms with Crippen molar-refractivity contribution in [2.24, 2.45) is 0 Å². The monoisotopic (exact) mass is 378 g/mol. The van der Waals surface area contributed by atoms with Gasteiger partial charge in [-0.25, -0.2) is 4.98 Å². The fourth-order valence-electron chi connectivity index (χ4n) is 3.42. The Morgan fingerprint density at radius 3 is 2.07 bits per heavy atom. The van der Waals surface area contributed by atoms with Gasteiger partial charge in [0, 0.05) is 37.6 Å². The van der Waals surface area contributed by atoms with E-state index in [1.54, 1.807) is 18.0 Å². The lowest BCUT2D eigenvalue weighted by Crippen LogP contribution is -2.49. The van der Waals surface area contributed by atoms with Gasteiger partial charge in [-0.1, -0.05) is 48.2 Å². The smallest absolute Gasteiger partial charge is 0.272 e. The predicted octanol–water partition coefficient (Wildman–Crippen LogP) is 3.56. The van der Waals surface area contributed by atoms with Crippen molar-refractivity contribution < 1.29 is 4.79 Å². The van der Waals surface area contributed by atoms with Crippen LogP contribution in [0.1, 0.15) is 10.5 Å². The van der Waals surface area contributed by atoms with Gasteiger partial charge in [-0.15, -0.1) is 0 Å². The Labute approximate surface area is 163 Å². The third kappa shape index (κ3) is 3.57. The Morgan fingerprint density at radius 1 is 0.889 bits per heavy atom. The molecule has 0 radical (unpaired) electrons. The first kappa shape index (κ1) is 17.7. The highest BCUT2D eigenvalue weighted by atomic mass is 32.2. The van der Waals surface area contributed by atoms with Gasteiger partial charge in [0.2, 0.25) is 0 Å². The number of imidazole rings is 1. The molecule has 2 aromatic carbocycles. The number of carbonyl (C=O) groups is 1. The van der Waals surface area contributed by atoms with Crippen molar-refractivity contribution in [3.05, 3.63) is 72.6 Å². The van der Waals surface area contributed by atoms with E-state index in [1.807, 2.05) is 52.1 Å². The average molecular weight is 379 g/mol. The topological polar surface area (TPSA) is 41.4 Å². The molecule has 1 fully saturated rings. The summed E-state index contributed by atoms with van der Waals surface area (Å²) in [6.07, 6.45) is 3.68. The fourth-order valence-corrected chi connectivity index (χ4v) is 3.97. The van der Waals surface area contributed by atoms with Crippen LogP contribution in [0.25, 0.3) is 5.69 Å². The molecular weight excluding hydrogens is 356 g/mol. The Bertz CT molecular complexity index is 902. The molecular formula is C21H22N4OS. The van der Waals surface area contributed by atoms with E-state index >= 15 is 0 Å². The lowest BCUT2D eigenvalue weighted by molar-refractivity contribution is 0.0738. The molecule has 1 amide bonds. The maximum atomic E-state index is 13.2. The van der Waals surface area contributed by atoms with E-state index in [4.69, 9.17) is 0 Å². The number of para-hydroxylation sites is 2. The summed E-state index contributed by atoms with van der Waals surface area (Å²) in [5.41, 5.74) is 2.80. The molecule has 27 heavy (non-hydrogen) atoms. The van der Waals surface area contributed by atoms with Crippen LogP contribution in [-0.2, 0) is 0 Å². The molecule has 1 aliphatic heterocycles. The minimum absolute atomic E-state index is 0.0411. The number of carbonyl (C=O) groups excluding carboxylic acids is 1. The zero-order valence-electron chi connectivity index (χ0n) is 15.3. The molecule has 5 nitrogen and oxygen atoms in total. The van der Waals surface area contributed by atoms with Crippen LogP contribution < -0.4 is 4.90 Å². The van der Waals surface area contributed by atoms with Gasteiger partial charge in [-0.3, -0.25) is 9.36 Å². The van der Waals surface area contributed by atoms with Gasteiger partial charge in [0.15, 0.2) is 5.16 Å². The van der Waals surface area contributed by atoms with Gasteiger partial charge in [0.1, 0.15) is 5.69 Å². The minimum atomic E-state index is 0.0411. The van der Waals surface area contributed by atoms with E-state index in [-0.39, 0.29) is 5.91 Å². The Balaban J connectivity index is 1.54. The number of rotatable bonds is 4. The van der Waals surface area contributed by atoms with E-state index < -0.39 is 0 Å². The Kier molecular flexibility index (Phi) is 5.16. The van der Waals surface area contributed by atoms with Crippen LogP contribution in [0.2, 0.25) is 0 Å². The lowest BCUT2D eigenvalue weighted by atomic mass is 10.2. The van der Waals surface area contributed by atoms with Crippen LogP contribution in [0.3, 0.4) is 0 Å². The fraction of sp³-hybridized carbons (Fsp3) is 0.238. The summed E-state index contributed by atoms with van der Waals surface area (Å²) in [5, 5.41) is 0.826. The number of aromatic nitrogens is 2. The molecule has 1 aromatic heterocycles. The van der Waals surface area contributed by atoms with E-state index in [0.717, 1.165) is 23.9 Å². The number of hydrogen-bond donors (Lipinski definition) is 0. The summed E-state index contributed by atoms with van der Waals surface area (Å²) in [5.74, 6) is 0.0411. The maximum absolute atomic E-state index is 13.2. The second-order valence-electron chi connectivity index (χ2n) is 6.42. The van der Waals surface area contributed by atoms with Crippen molar-refractivity contribution in [2.75, 3.05) is 37.3 Å². The molecule has 0 unspecified atom stereocenters. The standard InChI is InChI=1S/C21H22N4OS/c1-27-21-22-16-19(25(21)18-10-6-3-7-11-18)20(26)24-14-12-23(13-15-24)17-8-4-2-5-9-17/h2-11,16H,12-15H2,1H3. The lowest BCUT2D eigenvalue weighted by Gasteiger charge is -2.36. The number of nitrogens with zero attached hydrogens (tertiary/aromatic N) is 4. The highest BCUT2D eigenvalue weighted by Crippen LogP contribution is 2.23. The molecule has 0 saturated carbocycles. The van der Waals surface area contributed by atoms with Gasteiger partial charge in [-0.2, -0.15) is 0 Å². The summed E-state index contributed by atoms with van der Waals surface area (Å²) in [6.45, 7) is 3.10. The minimum Gasteiger partial charge on any atom is -0.368 e. The first-order valence-corrected chi connectivity index (χ1v) is 10.3. The zero-order valence-corrected chi connectivity index (χ0v) is 16.1. The van der Waals surface area contributed by atoms with E-state index in [9.17, 15) is 4.79 Å². The van der Waals surface area contributed by atoms with Crippen LogP contribution in [0.15, 0.2) is 72.0 Å². The van der Waals surface area contributed by atoms with Crippen molar-refractivity contribution in [2.45, 2.75) is 5.16 Å². The summed E-state index contributed by atoms with van der Waals surface area (Å²) in [4.78, 5) is 21.9. The van der Waals surface area contributed by atoms with Crippen LogP contribution >= 0.6 is 11.8 Å². The van der Waals surface area contributed by atoms with Gasteiger partial charge in [-0.05, 0) is 30.5 Å². The van der Waals surface area contributed by atoms with Crippen LogP contribution in [0, 0.1) is 0 Å². The number of anilines is 1. The van der Waals surface area contributed by atoms with E-state index in [1.165, 1.54) is 5.69 Å². The number of piperazine rings is 1. The molecule has 0 atom stereocenters. The highest BCUT2D eigenvalue weighted by molar-refractivity contribution is 7.98. The molecule has 1 saturated heterocycles. The van der Waals surface area contributed by atoms with Crippen molar-refractivity contribution in [1.82, 2.24) is 14.5 Å². The third-order valence-electron chi connectivity index (χ3n) is 4.83. The molecule has 1 aliphatic rings. The Hall–Kier alpha value is -2.73. The first-order valence-electron chi connectivity index (χ1n) is 9.04. The molecule has 0 bridgehead atoms. The molecule has 0 aliphatic carbocycles. The van der Waals surface area contributed by atoms with Gasteiger partial charge < -0.3 is 9.80 Å². The normalized spacial score (nSPS) is 14.4. The SMILES string of the molecule is CSc1ncc(C(=O)N2CCN(c3ccccc3)CC2)n1-c1ccccc1. The summed E-state index contributed by atoms with van der Waals surface area (Å²) < 4.78 is 1.95. The second kappa shape index (κ2) is 7.88. The van der Waals surface area contributed by atoms with Crippen molar-refractivity contribution in [3.8, 4) is 5.69 Å². The number of thioether (sulfide) groups is 1. The predicted molar refractivity (Wildman–Crippen MR) is 110 cm³/mol. The molecule has 0 spiro atoms. The number of amides is 1. The van der Waals surface area contributed by atoms with Gasteiger partial charge in [0.25, 0.3) is 5.91 Å². The maximum Gasteiger partial charge on any atom is 0.272 e. The van der Waals surface area contributed by atoms with Crippen LogP contribution in [0.4, 0.5) is 5.69 Å². The van der Waals surface area contributed by atoms with Gasteiger partial charge >= 0.3 is 0 Å².